The second-order valence-corrected chi connectivity index (χ2v) is 11.0. The second-order valence-electron chi connectivity index (χ2n) is 8.66. The molecule has 0 aliphatic carbocycles. The first kappa shape index (κ1) is 22.4. The van der Waals surface area contributed by atoms with Crippen LogP contribution in [-0.4, -0.2) is 65.2 Å². The van der Waals surface area contributed by atoms with E-state index in [2.05, 4.69) is 22.2 Å². The van der Waals surface area contributed by atoms with Crippen molar-refractivity contribution >= 4 is 38.4 Å². The number of oxazole rings is 1. The lowest BCUT2D eigenvalue weighted by atomic mass is 10.1. The van der Waals surface area contributed by atoms with Gasteiger partial charge < -0.3 is 19.6 Å². The molecule has 1 fully saturated rings. The Bertz CT molecular complexity index is 1320. The Morgan fingerprint density at radius 3 is 2.91 bits per heavy atom. The quantitative estimate of drug-likeness (QED) is 0.580. The van der Waals surface area contributed by atoms with Crippen LogP contribution in [0.1, 0.15) is 42.4 Å². The van der Waals surface area contributed by atoms with Crippen molar-refractivity contribution in [2.45, 2.75) is 50.3 Å². The fraction of sp³-hybridized carbons (Fsp3) is 0.455. The summed E-state index contributed by atoms with van der Waals surface area (Å²) in [6.45, 7) is 5.23. The molecule has 2 atom stereocenters. The Labute approximate surface area is 197 Å². The Morgan fingerprint density at radius 1 is 1.30 bits per heavy atom. The Kier molecular flexibility index (Phi) is 5.72. The van der Waals surface area contributed by atoms with Gasteiger partial charge in [-0.1, -0.05) is 18.5 Å². The Morgan fingerprint density at radius 2 is 2.12 bits per heavy atom. The Balaban J connectivity index is 1.35. The number of aromatic amines is 1. The fourth-order valence-corrected chi connectivity index (χ4v) is 6.21. The summed E-state index contributed by atoms with van der Waals surface area (Å²) in [7, 11) is -3.75. The third kappa shape index (κ3) is 4.05. The van der Waals surface area contributed by atoms with Crippen LogP contribution in [0.4, 0.5) is 0 Å². The molecule has 176 valence electrons. The third-order valence-electron chi connectivity index (χ3n) is 6.43. The first-order valence-electron chi connectivity index (χ1n) is 11.1. The van der Waals surface area contributed by atoms with E-state index in [9.17, 15) is 13.2 Å². The normalized spacial score (nSPS) is 22.0. The molecule has 4 heterocycles. The number of rotatable bonds is 4. The number of piperazine rings is 1. The minimum atomic E-state index is -3.75. The maximum atomic E-state index is 13.3. The van der Waals surface area contributed by atoms with E-state index in [4.69, 9.17) is 16.0 Å². The molecule has 2 aliphatic heterocycles. The van der Waals surface area contributed by atoms with Crippen molar-refractivity contribution in [1.29, 1.82) is 0 Å². The van der Waals surface area contributed by atoms with Crippen molar-refractivity contribution in [3.8, 4) is 0 Å². The molecule has 0 saturated carbocycles. The minimum absolute atomic E-state index is 0.0816. The number of H-pyrrole nitrogens is 1. The summed E-state index contributed by atoms with van der Waals surface area (Å²) in [5, 5.41) is 4.70. The molecule has 5 rings (SSSR count). The highest BCUT2D eigenvalue weighted by atomic mass is 35.5. The number of amides is 1. The second kappa shape index (κ2) is 8.43. The molecule has 33 heavy (non-hydrogen) atoms. The van der Waals surface area contributed by atoms with Crippen LogP contribution in [0.15, 0.2) is 33.7 Å². The minimum Gasteiger partial charge on any atom is -0.436 e. The van der Waals surface area contributed by atoms with E-state index in [0.29, 0.717) is 35.7 Å². The number of nitrogens with one attached hydrogen (secondary N) is 2. The number of hydrogen-bond donors (Lipinski definition) is 2. The summed E-state index contributed by atoms with van der Waals surface area (Å²) in [4.78, 5) is 22.3. The number of hydrogen-bond acceptors (Lipinski definition) is 6. The average Bonchev–Trinajstić information content (AvgIpc) is 3.42. The lowest BCUT2D eigenvalue weighted by Crippen LogP contribution is -2.56. The zero-order valence-corrected chi connectivity index (χ0v) is 20.0. The van der Waals surface area contributed by atoms with Gasteiger partial charge in [-0.05, 0) is 37.6 Å². The molecular weight excluding hydrogens is 466 g/mol. The molecule has 0 spiro atoms. The maximum Gasteiger partial charge on any atom is 0.310 e. The van der Waals surface area contributed by atoms with E-state index in [1.165, 1.54) is 4.31 Å². The number of carbonyl (C=O) groups is 1. The van der Waals surface area contributed by atoms with Gasteiger partial charge in [0.15, 0.2) is 0 Å². The summed E-state index contributed by atoms with van der Waals surface area (Å²) >= 11 is 6.04. The molecule has 2 aliphatic rings. The first-order valence-corrected chi connectivity index (χ1v) is 12.9. The number of carbonyl (C=O) groups excluding carboxylic acids is 1. The van der Waals surface area contributed by atoms with Crippen LogP contribution in [0.3, 0.4) is 0 Å². The largest absolute Gasteiger partial charge is 0.436 e. The molecule has 2 N–H and O–H groups in total. The highest BCUT2D eigenvalue weighted by Gasteiger charge is 2.38. The predicted molar refractivity (Wildman–Crippen MR) is 124 cm³/mol. The van der Waals surface area contributed by atoms with E-state index < -0.39 is 10.0 Å². The van der Waals surface area contributed by atoms with Gasteiger partial charge in [-0.25, -0.2) is 13.4 Å². The molecule has 3 aromatic rings. The molecule has 2 aromatic heterocycles. The predicted octanol–water partition coefficient (Wildman–Crippen LogP) is 2.77. The molecule has 1 amide bonds. The molecule has 11 heteroatoms. The van der Waals surface area contributed by atoms with Gasteiger partial charge in [0.05, 0.1) is 12.2 Å². The van der Waals surface area contributed by atoms with E-state index in [1.54, 1.807) is 29.2 Å². The van der Waals surface area contributed by atoms with Crippen LogP contribution >= 0.6 is 11.6 Å². The van der Waals surface area contributed by atoms with Crippen molar-refractivity contribution in [2.75, 3.05) is 19.6 Å². The summed E-state index contributed by atoms with van der Waals surface area (Å²) in [6.07, 6.45) is 1.32. The Hall–Kier alpha value is -2.40. The molecule has 2 unspecified atom stereocenters. The summed E-state index contributed by atoms with van der Waals surface area (Å²) < 4.78 is 33.9. The number of sulfonamides is 1. The molecule has 0 radical (unpaired) electrons. The van der Waals surface area contributed by atoms with Crippen LogP contribution in [0, 0.1) is 0 Å². The first-order chi connectivity index (χ1) is 15.8. The van der Waals surface area contributed by atoms with Crippen LogP contribution in [0.5, 0.6) is 0 Å². The summed E-state index contributed by atoms with van der Waals surface area (Å²) in [5.41, 5.74) is 1.52. The molecule has 9 nitrogen and oxygen atoms in total. The van der Waals surface area contributed by atoms with Gasteiger partial charge in [0.25, 0.3) is 15.9 Å². The van der Waals surface area contributed by atoms with Gasteiger partial charge >= 0.3 is 5.91 Å². The van der Waals surface area contributed by atoms with Crippen molar-refractivity contribution < 1.29 is 17.6 Å². The van der Waals surface area contributed by atoms with Gasteiger partial charge in [-0.15, -0.1) is 0 Å². The number of nitrogens with zero attached hydrogens (tertiary/aromatic N) is 3. The van der Waals surface area contributed by atoms with Crippen molar-refractivity contribution in [3.05, 3.63) is 46.6 Å². The number of halogens is 1. The molecule has 1 saturated heterocycles. The number of benzene rings is 1. The van der Waals surface area contributed by atoms with Gasteiger partial charge in [-0.2, -0.15) is 4.31 Å². The third-order valence-corrected chi connectivity index (χ3v) is 8.45. The summed E-state index contributed by atoms with van der Waals surface area (Å²) in [5.74, 6) is 0.490. The average molecular weight is 492 g/mol. The summed E-state index contributed by atoms with van der Waals surface area (Å²) in [6, 6.07) is 6.80. The SMILES string of the molecule is CCC1CN(S(=O)(=O)c2cc3cc(Cl)ccc3[nH]2)CCN1C(=O)c1nc2c(o1)CNC(C)C2. The monoisotopic (exact) mass is 491 g/mol. The van der Waals surface area contributed by atoms with Gasteiger partial charge in [0.1, 0.15) is 10.8 Å². The van der Waals surface area contributed by atoms with E-state index in [-0.39, 0.29) is 48.5 Å². The van der Waals surface area contributed by atoms with E-state index in [1.807, 2.05) is 6.92 Å². The smallest absolute Gasteiger partial charge is 0.310 e. The van der Waals surface area contributed by atoms with E-state index >= 15 is 0 Å². The molecular formula is C22H26ClN5O4S. The molecule has 1 aromatic carbocycles. The topological polar surface area (TPSA) is 112 Å². The van der Waals surface area contributed by atoms with Crippen molar-refractivity contribution in [1.82, 2.24) is 24.5 Å². The number of fused-ring (bicyclic) bond motifs is 2. The lowest BCUT2D eigenvalue weighted by Gasteiger charge is -2.39. The zero-order chi connectivity index (χ0) is 23.3. The fourth-order valence-electron chi connectivity index (χ4n) is 4.54. The van der Waals surface area contributed by atoms with Crippen LogP contribution in [0.25, 0.3) is 10.9 Å². The van der Waals surface area contributed by atoms with E-state index in [0.717, 1.165) is 11.1 Å². The molecule has 0 bridgehead atoms. The standard InChI is InChI=1S/C22H26ClN5O4S/c1-3-16-12-27(33(30,31)20-10-14-9-15(23)4-5-17(14)25-20)6-7-28(16)22(29)21-26-18-8-13(2)24-11-19(18)32-21/h4-5,9-10,13,16,24-25H,3,6-8,11-12H2,1-2H3. The van der Waals surface area contributed by atoms with Crippen molar-refractivity contribution in [3.63, 3.8) is 0 Å². The van der Waals surface area contributed by atoms with Gasteiger partial charge in [0, 0.05) is 54.1 Å². The van der Waals surface area contributed by atoms with Crippen LogP contribution in [-0.2, 0) is 23.0 Å². The lowest BCUT2D eigenvalue weighted by molar-refractivity contribution is 0.0517. The van der Waals surface area contributed by atoms with Crippen molar-refractivity contribution in [2.24, 2.45) is 0 Å². The van der Waals surface area contributed by atoms with Crippen LogP contribution in [0.2, 0.25) is 5.02 Å². The van der Waals surface area contributed by atoms with Gasteiger partial charge in [-0.3, -0.25) is 4.79 Å². The maximum absolute atomic E-state index is 13.3. The number of aromatic nitrogens is 2. The van der Waals surface area contributed by atoms with Crippen LogP contribution < -0.4 is 5.32 Å². The highest BCUT2D eigenvalue weighted by Crippen LogP contribution is 2.27. The highest BCUT2D eigenvalue weighted by molar-refractivity contribution is 7.89. The zero-order valence-electron chi connectivity index (χ0n) is 18.5. The van der Waals surface area contributed by atoms with Gasteiger partial charge in [0.2, 0.25) is 0 Å².